The quantitative estimate of drug-likeness (QED) is 0.561. The van der Waals surface area contributed by atoms with Gasteiger partial charge in [-0.25, -0.2) is 0 Å². The van der Waals surface area contributed by atoms with Gasteiger partial charge in [0.05, 0.1) is 7.11 Å². The van der Waals surface area contributed by atoms with Gasteiger partial charge in [-0.15, -0.1) is 0 Å². The van der Waals surface area contributed by atoms with Crippen LogP contribution >= 0.6 is 11.8 Å². The van der Waals surface area contributed by atoms with Crippen molar-refractivity contribution < 1.29 is 14.6 Å². The van der Waals surface area contributed by atoms with Crippen molar-refractivity contribution in [1.82, 2.24) is 10.2 Å². The highest BCUT2D eigenvalue weighted by Crippen LogP contribution is 2.28. The maximum atomic E-state index is 10.4. The molecule has 1 aliphatic heterocycles. The number of nitrogens with zero attached hydrogens (tertiary/aromatic N) is 1. The topological polar surface area (TPSA) is 54.0 Å². The fraction of sp³-hybridized carbons (Fsp3) is 0.714. The Morgan fingerprint density at radius 3 is 2.59 bits per heavy atom. The smallest absolute Gasteiger partial charge is 0.161 e. The second-order valence-corrected chi connectivity index (χ2v) is 8.17. The third-order valence-corrected chi connectivity index (χ3v) is 5.50. The van der Waals surface area contributed by atoms with Crippen LogP contribution < -0.4 is 14.8 Å². The third-order valence-electron chi connectivity index (χ3n) is 4.89. The van der Waals surface area contributed by atoms with Gasteiger partial charge in [-0.1, -0.05) is 25.3 Å². The van der Waals surface area contributed by atoms with Gasteiger partial charge in [0, 0.05) is 25.4 Å². The van der Waals surface area contributed by atoms with E-state index in [1.807, 2.05) is 23.9 Å². The Bertz CT molecular complexity index is 522. The monoisotopic (exact) mass is 396 g/mol. The van der Waals surface area contributed by atoms with E-state index in [1.54, 1.807) is 7.11 Å². The molecule has 1 saturated heterocycles. The zero-order valence-corrected chi connectivity index (χ0v) is 17.7. The molecule has 0 saturated carbocycles. The van der Waals surface area contributed by atoms with Gasteiger partial charge < -0.3 is 24.8 Å². The van der Waals surface area contributed by atoms with Crippen LogP contribution in [0.3, 0.4) is 0 Å². The Hall–Kier alpha value is -0.950. The van der Waals surface area contributed by atoms with Gasteiger partial charge in [-0.05, 0) is 49.9 Å². The zero-order valence-electron chi connectivity index (χ0n) is 16.9. The van der Waals surface area contributed by atoms with Gasteiger partial charge in [-0.2, -0.15) is 11.8 Å². The Morgan fingerprint density at radius 2 is 1.89 bits per heavy atom. The first kappa shape index (κ1) is 22.3. The summed E-state index contributed by atoms with van der Waals surface area (Å²) in [5, 5.41) is 13.9. The van der Waals surface area contributed by atoms with E-state index in [4.69, 9.17) is 9.47 Å². The fourth-order valence-electron chi connectivity index (χ4n) is 3.38. The summed E-state index contributed by atoms with van der Waals surface area (Å²) in [6.07, 6.45) is 8.04. The minimum absolute atomic E-state index is 0.288. The van der Waals surface area contributed by atoms with Gasteiger partial charge in [-0.3, -0.25) is 0 Å². The number of thioether (sulfide) groups is 1. The second-order valence-electron chi connectivity index (χ2n) is 7.19. The Morgan fingerprint density at radius 1 is 1.15 bits per heavy atom. The maximum absolute atomic E-state index is 10.4. The number of β-amino-alcohol motifs (C(OH)–C–C–N with tert-alkyl or cyclic N) is 1. The number of methoxy groups -OCH3 is 1. The summed E-state index contributed by atoms with van der Waals surface area (Å²) in [6.45, 7) is 4.92. The van der Waals surface area contributed by atoms with Crippen molar-refractivity contribution in [2.24, 2.45) is 0 Å². The Kier molecular flexibility index (Phi) is 11.0. The summed E-state index contributed by atoms with van der Waals surface area (Å²) < 4.78 is 11.3. The summed E-state index contributed by atoms with van der Waals surface area (Å²) in [4.78, 5) is 2.37. The maximum Gasteiger partial charge on any atom is 0.161 e. The lowest BCUT2D eigenvalue weighted by molar-refractivity contribution is 0.0644. The van der Waals surface area contributed by atoms with Crippen molar-refractivity contribution in [2.45, 2.75) is 44.8 Å². The fourth-order valence-corrected chi connectivity index (χ4v) is 3.73. The van der Waals surface area contributed by atoms with Crippen LogP contribution in [0.4, 0.5) is 0 Å². The Balaban J connectivity index is 1.82. The van der Waals surface area contributed by atoms with E-state index < -0.39 is 6.10 Å². The van der Waals surface area contributed by atoms with E-state index in [2.05, 4.69) is 22.5 Å². The van der Waals surface area contributed by atoms with Gasteiger partial charge >= 0.3 is 0 Å². The molecule has 2 rings (SSSR count). The van der Waals surface area contributed by atoms with E-state index in [0.29, 0.717) is 18.0 Å². The lowest BCUT2D eigenvalue weighted by Gasteiger charge is -2.26. The van der Waals surface area contributed by atoms with Gasteiger partial charge in [0.25, 0.3) is 0 Å². The largest absolute Gasteiger partial charge is 0.493 e. The zero-order chi connectivity index (χ0) is 19.3. The second kappa shape index (κ2) is 13.3. The first-order valence-electron chi connectivity index (χ1n) is 10.1. The SMILES string of the molecule is COc1ccc(CNCCSC)cc1OCC(O)CN1CCCCCCC1. The van der Waals surface area contributed by atoms with Crippen LogP contribution in [-0.2, 0) is 6.54 Å². The van der Waals surface area contributed by atoms with E-state index in [-0.39, 0.29) is 6.61 Å². The Labute approximate surface area is 168 Å². The number of aliphatic hydroxyl groups excluding tert-OH is 1. The number of likely N-dealkylation sites (tertiary alicyclic amines) is 1. The summed E-state index contributed by atoms with van der Waals surface area (Å²) >= 11 is 1.83. The van der Waals surface area contributed by atoms with Crippen molar-refractivity contribution in [2.75, 3.05) is 51.9 Å². The summed E-state index contributed by atoms with van der Waals surface area (Å²) in [7, 11) is 1.65. The number of nitrogens with one attached hydrogen (secondary N) is 1. The molecular weight excluding hydrogens is 360 g/mol. The van der Waals surface area contributed by atoms with Crippen molar-refractivity contribution in [3.8, 4) is 11.5 Å². The highest BCUT2D eigenvalue weighted by Gasteiger charge is 2.15. The number of aliphatic hydroxyl groups is 1. The van der Waals surface area contributed by atoms with Gasteiger partial charge in [0.1, 0.15) is 12.7 Å². The van der Waals surface area contributed by atoms with Crippen molar-refractivity contribution in [1.29, 1.82) is 0 Å². The molecule has 1 aliphatic rings. The molecule has 1 heterocycles. The highest BCUT2D eigenvalue weighted by atomic mass is 32.2. The molecule has 5 nitrogen and oxygen atoms in total. The van der Waals surface area contributed by atoms with Crippen molar-refractivity contribution in [3.05, 3.63) is 23.8 Å². The lowest BCUT2D eigenvalue weighted by Crippen LogP contribution is -2.37. The molecule has 27 heavy (non-hydrogen) atoms. The summed E-state index contributed by atoms with van der Waals surface area (Å²) in [5.41, 5.74) is 1.16. The number of ether oxygens (including phenoxy) is 2. The molecule has 154 valence electrons. The summed E-state index contributed by atoms with van der Waals surface area (Å²) in [6, 6.07) is 5.99. The molecule has 0 spiro atoms. The predicted molar refractivity (Wildman–Crippen MR) is 114 cm³/mol. The number of hydrogen-bond donors (Lipinski definition) is 2. The number of hydrogen-bond acceptors (Lipinski definition) is 6. The van der Waals surface area contributed by atoms with Crippen LogP contribution in [0.25, 0.3) is 0 Å². The average molecular weight is 397 g/mol. The predicted octanol–water partition coefficient (Wildman–Crippen LogP) is 3.15. The average Bonchev–Trinajstić information content (AvgIpc) is 2.65. The van der Waals surface area contributed by atoms with Crippen molar-refractivity contribution in [3.63, 3.8) is 0 Å². The first-order chi connectivity index (χ1) is 13.2. The van der Waals surface area contributed by atoms with E-state index in [1.165, 1.54) is 32.1 Å². The standard InChI is InChI=1S/C21H36N2O3S/c1-25-20-9-8-18(15-22-10-13-27-2)14-21(20)26-17-19(24)16-23-11-6-4-3-5-7-12-23/h8-9,14,19,22,24H,3-7,10-13,15-17H2,1-2H3. The molecule has 2 N–H and O–H groups in total. The molecule has 1 aromatic carbocycles. The van der Waals surface area contributed by atoms with Crippen LogP contribution in [0.5, 0.6) is 11.5 Å². The van der Waals surface area contributed by atoms with Crippen LogP contribution in [0.1, 0.15) is 37.7 Å². The minimum Gasteiger partial charge on any atom is -0.493 e. The van der Waals surface area contributed by atoms with Crippen molar-refractivity contribution >= 4 is 11.8 Å². The van der Waals surface area contributed by atoms with Gasteiger partial charge in [0.15, 0.2) is 11.5 Å². The van der Waals surface area contributed by atoms with Crippen LogP contribution in [0.2, 0.25) is 0 Å². The number of rotatable bonds is 11. The van der Waals surface area contributed by atoms with E-state index in [9.17, 15) is 5.11 Å². The van der Waals surface area contributed by atoms with Crippen LogP contribution in [0, 0.1) is 0 Å². The number of benzene rings is 1. The molecule has 1 fully saturated rings. The molecule has 6 heteroatoms. The van der Waals surface area contributed by atoms with Gasteiger partial charge in [0.2, 0.25) is 0 Å². The van der Waals surface area contributed by atoms with E-state index >= 15 is 0 Å². The lowest BCUT2D eigenvalue weighted by atomic mass is 10.1. The molecule has 1 unspecified atom stereocenters. The highest BCUT2D eigenvalue weighted by molar-refractivity contribution is 7.98. The molecule has 1 aromatic rings. The molecule has 0 amide bonds. The third kappa shape index (κ3) is 8.73. The molecule has 0 bridgehead atoms. The molecule has 0 aromatic heterocycles. The van der Waals surface area contributed by atoms with Crippen LogP contribution in [-0.4, -0.2) is 68.0 Å². The molecule has 1 atom stereocenters. The molecule has 0 aliphatic carbocycles. The normalized spacial score (nSPS) is 17.1. The molecular formula is C21H36N2O3S. The molecule has 0 radical (unpaired) electrons. The van der Waals surface area contributed by atoms with E-state index in [0.717, 1.165) is 37.5 Å². The first-order valence-corrected chi connectivity index (χ1v) is 11.5. The van der Waals surface area contributed by atoms with Crippen LogP contribution in [0.15, 0.2) is 18.2 Å². The summed E-state index contributed by atoms with van der Waals surface area (Å²) in [5.74, 6) is 2.51. The minimum atomic E-state index is -0.488.